The molecule has 3 aliphatic rings. The minimum Gasteiger partial charge on any atom is -0.314 e. The van der Waals surface area contributed by atoms with Crippen LogP contribution in [0.1, 0.15) is 57.8 Å². The maximum absolute atomic E-state index is 3.85. The van der Waals surface area contributed by atoms with E-state index < -0.39 is 0 Å². The first kappa shape index (κ1) is 11.0. The zero-order chi connectivity index (χ0) is 10.8. The molecule has 0 aromatic heterocycles. The maximum Gasteiger partial charge on any atom is 0.0111 e. The Labute approximate surface area is 99.6 Å². The van der Waals surface area contributed by atoms with Crippen molar-refractivity contribution in [3.8, 4) is 0 Å². The molecule has 2 bridgehead atoms. The summed E-state index contributed by atoms with van der Waals surface area (Å²) in [6.45, 7) is 1.28. The van der Waals surface area contributed by atoms with Crippen LogP contribution in [0.25, 0.3) is 0 Å². The van der Waals surface area contributed by atoms with Crippen molar-refractivity contribution in [2.75, 3.05) is 6.54 Å². The zero-order valence-corrected chi connectivity index (χ0v) is 10.4. The third-order valence-corrected chi connectivity index (χ3v) is 4.96. The first-order valence-electron chi connectivity index (χ1n) is 7.41. The van der Waals surface area contributed by atoms with Crippen molar-refractivity contribution >= 4 is 0 Å². The van der Waals surface area contributed by atoms with Crippen LogP contribution in [0, 0.1) is 5.92 Å². The largest absolute Gasteiger partial charge is 0.314 e. The number of fused-ring (bicyclic) bond motifs is 2. The summed E-state index contributed by atoms with van der Waals surface area (Å²) in [5.41, 5.74) is 0. The van der Waals surface area contributed by atoms with E-state index in [1.807, 2.05) is 0 Å². The first-order chi connectivity index (χ1) is 7.92. The van der Waals surface area contributed by atoms with Crippen LogP contribution in [-0.2, 0) is 0 Å². The molecule has 1 aliphatic carbocycles. The van der Waals surface area contributed by atoms with Crippen molar-refractivity contribution in [1.82, 2.24) is 10.6 Å². The van der Waals surface area contributed by atoms with Gasteiger partial charge in [-0.15, -0.1) is 0 Å². The van der Waals surface area contributed by atoms with Crippen molar-refractivity contribution in [3.63, 3.8) is 0 Å². The first-order valence-corrected chi connectivity index (χ1v) is 7.41. The van der Waals surface area contributed by atoms with Gasteiger partial charge in [-0.3, -0.25) is 0 Å². The van der Waals surface area contributed by atoms with E-state index in [9.17, 15) is 0 Å². The van der Waals surface area contributed by atoms with Gasteiger partial charge in [-0.2, -0.15) is 0 Å². The van der Waals surface area contributed by atoms with E-state index in [4.69, 9.17) is 0 Å². The van der Waals surface area contributed by atoms with Crippen molar-refractivity contribution in [2.45, 2.75) is 75.9 Å². The maximum atomic E-state index is 3.85. The molecule has 3 rings (SSSR count). The fraction of sp³-hybridized carbons (Fsp3) is 1.00. The average Bonchev–Trinajstić information content (AvgIpc) is 2.82. The second kappa shape index (κ2) is 5.05. The van der Waals surface area contributed by atoms with E-state index >= 15 is 0 Å². The van der Waals surface area contributed by atoms with Gasteiger partial charge in [-0.1, -0.05) is 25.7 Å². The molecule has 3 atom stereocenters. The molecule has 2 heterocycles. The second-order valence-corrected chi connectivity index (χ2v) is 6.14. The van der Waals surface area contributed by atoms with Crippen LogP contribution in [0.4, 0.5) is 0 Å². The predicted octanol–water partition coefficient (Wildman–Crippen LogP) is 2.44. The molecule has 3 fully saturated rings. The van der Waals surface area contributed by atoms with E-state index in [2.05, 4.69) is 10.6 Å². The third kappa shape index (κ3) is 2.43. The van der Waals surface area contributed by atoms with Crippen molar-refractivity contribution < 1.29 is 0 Å². The molecule has 92 valence electrons. The van der Waals surface area contributed by atoms with Gasteiger partial charge >= 0.3 is 0 Å². The summed E-state index contributed by atoms with van der Waals surface area (Å²) in [5, 5.41) is 7.59. The van der Waals surface area contributed by atoms with Crippen molar-refractivity contribution in [2.24, 2.45) is 5.92 Å². The Morgan fingerprint density at radius 2 is 1.75 bits per heavy atom. The van der Waals surface area contributed by atoms with Gasteiger partial charge in [0, 0.05) is 18.1 Å². The molecule has 3 unspecified atom stereocenters. The van der Waals surface area contributed by atoms with Gasteiger partial charge in [-0.05, 0) is 44.6 Å². The Morgan fingerprint density at radius 1 is 0.938 bits per heavy atom. The normalized spacial score (nSPS) is 40.1. The Hall–Kier alpha value is -0.0800. The minimum absolute atomic E-state index is 0.835. The summed E-state index contributed by atoms with van der Waals surface area (Å²) in [5.74, 6) is 0.932. The van der Waals surface area contributed by atoms with Crippen LogP contribution in [-0.4, -0.2) is 24.7 Å². The smallest absolute Gasteiger partial charge is 0.0111 e. The molecule has 2 heteroatoms. The summed E-state index contributed by atoms with van der Waals surface area (Å²) in [6, 6.07) is 2.55. The minimum atomic E-state index is 0.835. The highest BCUT2D eigenvalue weighted by Crippen LogP contribution is 2.32. The lowest BCUT2D eigenvalue weighted by Gasteiger charge is -2.24. The molecule has 0 aromatic carbocycles. The van der Waals surface area contributed by atoms with Gasteiger partial charge < -0.3 is 10.6 Å². The van der Waals surface area contributed by atoms with Crippen LogP contribution in [0.15, 0.2) is 0 Å². The SMILES string of the molecule is C1CCCC(NCC2CC3CCC2N3)CC1. The zero-order valence-electron chi connectivity index (χ0n) is 10.4. The van der Waals surface area contributed by atoms with E-state index in [0.717, 1.165) is 24.0 Å². The molecule has 16 heavy (non-hydrogen) atoms. The highest BCUT2D eigenvalue weighted by atomic mass is 15.1. The summed E-state index contributed by atoms with van der Waals surface area (Å²) < 4.78 is 0. The standard InChI is InChI=1S/C14H26N2/c1-2-4-6-12(5-3-1)15-10-11-9-13-7-8-14(11)16-13/h11-16H,1-10H2. The summed E-state index contributed by atoms with van der Waals surface area (Å²) in [7, 11) is 0. The average molecular weight is 222 g/mol. The topological polar surface area (TPSA) is 24.1 Å². The number of rotatable bonds is 3. The lowest BCUT2D eigenvalue weighted by Crippen LogP contribution is -2.37. The van der Waals surface area contributed by atoms with Crippen LogP contribution in [0.2, 0.25) is 0 Å². The molecule has 2 N–H and O–H groups in total. The molecule has 0 spiro atoms. The predicted molar refractivity (Wildman–Crippen MR) is 67.5 cm³/mol. The van der Waals surface area contributed by atoms with Gasteiger partial charge in [0.15, 0.2) is 0 Å². The highest BCUT2D eigenvalue weighted by Gasteiger charge is 2.38. The third-order valence-electron chi connectivity index (χ3n) is 4.96. The van der Waals surface area contributed by atoms with Gasteiger partial charge in [0.2, 0.25) is 0 Å². The Kier molecular flexibility index (Phi) is 3.49. The molecular formula is C14H26N2. The summed E-state index contributed by atoms with van der Waals surface area (Å²) in [4.78, 5) is 0. The highest BCUT2D eigenvalue weighted by molar-refractivity contribution is 4.98. The summed E-state index contributed by atoms with van der Waals surface area (Å²) >= 11 is 0. The lowest BCUT2D eigenvalue weighted by molar-refractivity contribution is 0.348. The lowest BCUT2D eigenvalue weighted by atomic mass is 9.89. The Bertz CT molecular complexity index is 221. The number of hydrogen-bond donors (Lipinski definition) is 2. The van der Waals surface area contributed by atoms with Gasteiger partial charge in [0.1, 0.15) is 0 Å². The van der Waals surface area contributed by atoms with Gasteiger partial charge in [0.25, 0.3) is 0 Å². The quantitative estimate of drug-likeness (QED) is 0.717. The van der Waals surface area contributed by atoms with E-state index in [1.165, 1.54) is 64.3 Å². The van der Waals surface area contributed by atoms with Gasteiger partial charge in [0.05, 0.1) is 0 Å². The second-order valence-electron chi connectivity index (χ2n) is 6.14. The van der Waals surface area contributed by atoms with Crippen molar-refractivity contribution in [3.05, 3.63) is 0 Å². The number of hydrogen-bond acceptors (Lipinski definition) is 2. The monoisotopic (exact) mass is 222 g/mol. The molecule has 0 aromatic rings. The fourth-order valence-corrected chi connectivity index (χ4v) is 3.96. The molecule has 0 radical (unpaired) electrons. The van der Waals surface area contributed by atoms with E-state index in [0.29, 0.717) is 0 Å². The molecule has 1 saturated carbocycles. The number of nitrogens with one attached hydrogen (secondary N) is 2. The molecule has 2 aliphatic heterocycles. The van der Waals surface area contributed by atoms with Crippen LogP contribution < -0.4 is 10.6 Å². The van der Waals surface area contributed by atoms with Crippen LogP contribution in [0.3, 0.4) is 0 Å². The van der Waals surface area contributed by atoms with Crippen molar-refractivity contribution in [1.29, 1.82) is 0 Å². The fourth-order valence-electron chi connectivity index (χ4n) is 3.96. The van der Waals surface area contributed by atoms with E-state index in [-0.39, 0.29) is 0 Å². The summed E-state index contributed by atoms with van der Waals surface area (Å²) in [6.07, 6.45) is 13.0. The molecule has 0 amide bonds. The van der Waals surface area contributed by atoms with Crippen LogP contribution in [0.5, 0.6) is 0 Å². The van der Waals surface area contributed by atoms with E-state index in [1.54, 1.807) is 0 Å². The molecule has 2 saturated heterocycles. The molecule has 2 nitrogen and oxygen atoms in total. The van der Waals surface area contributed by atoms with Gasteiger partial charge in [-0.25, -0.2) is 0 Å². The van der Waals surface area contributed by atoms with Crippen LogP contribution >= 0.6 is 0 Å². The Morgan fingerprint density at radius 3 is 2.38 bits per heavy atom. The molecular weight excluding hydrogens is 196 g/mol. The Balaban J connectivity index is 1.42.